The lowest BCUT2D eigenvalue weighted by Crippen LogP contribution is -2.48. The second-order valence-electron chi connectivity index (χ2n) is 5.33. The molecule has 0 aliphatic carbocycles. The van der Waals surface area contributed by atoms with Crippen molar-refractivity contribution >= 4 is 23.0 Å². The van der Waals surface area contributed by atoms with E-state index in [1.165, 1.54) is 4.88 Å². The van der Waals surface area contributed by atoms with Gasteiger partial charge in [-0.2, -0.15) is 0 Å². The highest BCUT2D eigenvalue weighted by Crippen LogP contribution is 2.16. The third-order valence-electron chi connectivity index (χ3n) is 3.92. The molecule has 6 heteroatoms. The maximum absolute atomic E-state index is 5.99. The minimum absolute atomic E-state index is 0.545. The second-order valence-corrected chi connectivity index (χ2v) is 6.36. The molecular formula is C16H21N5S. The summed E-state index contributed by atoms with van der Waals surface area (Å²) in [5.41, 5.74) is 6.92. The molecule has 0 saturated carbocycles. The van der Waals surface area contributed by atoms with Crippen LogP contribution in [0.2, 0.25) is 0 Å². The van der Waals surface area contributed by atoms with E-state index in [1.54, 1.807) is 6.20 Å². The molecule has 0 amide bonds. The topological polar surface area (TPSA) is 57.8 Å². The van der Waals surface area contributed by atoms with Crippen molar-refractivity contribution in [1.29, 1.82) is 0 Å². The number of nitrogens with zero attached hydrogens (tertiary/aromatic N) is 4. The van der Waals surface area contributed by atoms with Gasteiger partial charge in [0, 0.05) is 50.8 Å². The van der Waals surface area contributed by atoms with Crippen molar-refractivity contribution in [3.8, 4) is 0 Å². The molecule has 1 fully saturated rings. The fourth-order valence-electron chi connectivity index (χ4n) is 2.78. The lowest BCUT2D eigenvalue weighted by molar-refractivity contribution is 0.177. The van der Waals surface area contributed by atoms with Crippen molar-refractivity contribution in [2.45, 2.75) is 6.54 Å². The molecule has 2 aromatic heterocycles. The fourth-order valence-corrected chi connectivity index (χ4v) is 3.53. The molecule has 3 heterocycles. The smallest absolute Gasteiger partial charge is 0.134 e. The SMILES string of the molecule is CN=C(c1cccnc1N)N1CCN(Cc2cccs2)CC1. The zero-order valence-corrected chi connectivity index (χ0v) is 13.6. The Morgan fingerprint density at radius 3 is 2.73 bits per heavy atom. The molecule has 0 aromatic carbocycles. The van der Waals surface area contributed by atoms with Crippen LogP contribution >= 0.6 is 11.3 Å². The first-order chi connectivity index (χ1) is 10.8. The average Bonchev–Trinajstić information content (AvgIpc) is 3.04. The summed E-state index contributed by atoms with van der Waals surface area (Å²) in [7, 11) is 1.82. The van der Waals surface area contributed by atoms with E-state index >= 15 is 0 Å². The first-order valence-corrected chi connectivity index (χ1v) is 8.33. The number of rotatable bonds is 3. The normalized spacial score (nSPS) is 17.0. The Morgan fingerprint density at radius 2 is 2.09 bits per heavy atom. The van der Waals surface area contributed by atoms with E-state index in [-0.39, 0.29) is 0 Å². The van der Waals surface area contributed by atoms with E-state index in [2.05, 4.69) is 37.3 Å². The Hall–Kier alpha value is -1.92. The van der Waals surface area contributed by atoms with Crippen LogP contribution in [0.15, 0.2) is 40.8 Å². The molecule has 116 valence electrons. The van der Waals surface area contributed by atoms with Gasteiger partial charge in [-0.25, -0.2) is 4.98 Å². The van der Waals surface area contributed by atoms with Crippen molar-refractivity contribution < 1.29 is 0 Å². The predicted octanol–water partition coefficient (Wildman–Crippen LogP) is 1.92. The van der Waals surface area contributed by atoms with Crippen molar-refractivity contribution in [2.24, 2.45) is 4.99 Å². The molecule has 3 rings (SSSR count). The van der Waals surface area contributed by atoms with Crippen molar-refractivity contribution in [1.82, 2.24) is 14.8 Å². The molecule has 1 aliphatic heterocycles. The Balaban J connectivity index is 1.64. The molecule has 0 radical (unpaired) electrons. The Bertz CT molecular complexity index is 630. The number of pyridine rings is 1. The van der Waals surface area contributed by atoms with Gasteiger partial charge in [0.05, 0.1) is 5.56 Å². The maximum atomic E-state index is 5.99. The number of hydrogen-bond donors (Lipinski definition) is 1. The van der Waals surface area contributed by atoms with E-state index in [1.807, 2.05) is 30.5 Å². The van der Waals surface area contributed by atoms with E-state index in [4.69, 9.17) is 5.73 Å². The van der Waals surface area contributed by atoms with E-state index in [0.29, 0.717) is 5.82 Å². The van der Waals surface area contributed by atoms with Crippen LogP contribution in [0, 0.1) is 0 Å². The molecular weight excluding hydrogens is 294 g/mol. The van der Waals surface area contributed by atoms with Crippen molar-refractivity contribution in [3.05, 3.63) is 46.3 Å². The van der Waals surface area contributed by atoms with Crippen molar-refractivity contribution in [2.75, 3.05) is 39.0 Å². The quantitative estimate of drug-likeness (QED) is 0.694. The monoisotopic (exact) mass is 315 g/mol. The molecule has 0 unspecified atom stereocenters. The highest BCUT2D eigenvalue weighted by atomic mass is 32.1. The zero-order valence-electron chi connectivity index (χ0n) is 12.8. The van der Waals surface area contributed by atoms with Gasteiger partial charge in [-0.1, -0.05) is 6.07 Å². The summed E-state index contributed by atoms with van der Waals surface area (Å²) in [6, 6.07) is 8.21. The van der Waals surface area contributed by atoms with Gasteiger partial charge < -0.3 is 10.6 Å². The predicted molar refractivity (Wildman–Crippen MR) is 92.3 cm³/mol. The fraction of sp³-hybridized carbons (Fsp3) is 0.375. The third kappa shape index (κ3) is 3.28. The van der Waals surface area contributed by atoms with Gasteiger partial charge in [-0.3, -0.25) is 9.89 Å². The number of thiophene rings is 1. The number of aromatic nitrogens is 1. The van der Waals surface area contributed by atoms with Crippen LogP contribution in [0.5, 0.6) is 0 Å². The van der Waals surface area contributed by atoms with Crippen LogP contribution in [-0.4, -0.2) is 53.8 Å². The summed E-state index contributed by atoms with van der Waals surface area (Å²) in [4.78, 5) is 14.8. The molecule has 5 nitrogen and oxygen atoms in total. The van der Waals surface area contributed by atoms with Crippen LogP contribution in [0.25, 0.3) is 0 Å². The second kappa shape index (κ2) is 6.89. The standard InChI is InChI=1S/C16H21N5S/c1-18-16(14-5-2-6-19-15(14)17)21-9-7-20(8-10-21)12-13-4-3-11-22-13/h2-6,11H,7-10,12H2,1H3,(H2,17,19). The zero-order chi connectivity index (χ0) is 15.4. The summed E-state index contributed by atoms with van der Waals surface area (Å²) >= 11 is 1.82. The molecule has 0 atom stereocenters. The number of nitrogen functional groups attached to an aromatic ring is 1. The van der Waals surface area contributed by atoms with Crippen molar-refractivity contribution in [3.63, 3.8) is 0 Å². The lowest BCUT2D eigenvalue weighted by Gasteiger charge is -2.36. The summed E-state index contributed by atoms with van der Waals surface area (Å²) in [5.74, 6) is 1.49. The van der Waals surface area contributed by atoms with Crippen LogP contribution in [-0.2, 0) is 6.54 Å². The molecule has 0 bridgehead atoms. The molecule has 0 spiro atoms. The molecule has 2 aromatic rings. The first-order valence-electron chi connectivity index (χ1n) is 7.45. The van der Waals surface area contributed by atoms with Gasteiger partial charge in [0.25, 0.3) is 0 Å². The summed E-state index contributed by atoms with van der Waals surface area (Å²) < 4.78 is 0. The number of hydrogen-bond acceptors (Lipinski definition) is 5. The molecule has 2 N–H and O–H groups in total. The minimum atomic E-state index is 0.545. The highest BCUT2D eigenvalue weighted by molar-refractivity contribution is 7.09. The summed E-state index contributed by atoms with van der Waals surface area (Å²) in [6.45, 7) is 5.05. The third-order valence-corrected chi connectivity index (χ3v) is 4.78. The Labute approximate surface area is 135 Å². The van der Waals surface area contributed by atoms with Gasteiger partial charge in [0.15, 0.2) is 0 Å². The number of piperazine rings is 1. The Morgan fingerprint density at radius 1 is 1.27 bits per heavy atom. The minimum Gasteiger partial charge on any atom is -0.383 e. The average molecular weight is 315 g/mol. The van der Waals surface area contributed by atoms with Crippen LogP contribution < -0.4 is 5.73 Å². The van der Waals surface area contributed by atoms with Gasteiger partial charge in [0.2, 0.25) is 0 Å². The molecule has 1 saturated heterocycles. The number of aliphatic imine (C=N–C) groups is 1. The largest absolute Gasteiger partial charge is 0.383 e. The van der Waals surface area contributed by atoms with Gasteiger partial charge >= 0.3 is 0 Å². The maximum Gasteiger partial charge on any atom is 0.134 e. The highest BCUT2D eigenvalue weighted by Gasteiger charge is 2.22. The molecule has 1 aliphatic rings. The first kappa shape index (κ1) is 15.0. The van der Waals surface area contributed by atoms with Gasteiger partial charge in [-0.05, 0) is 23.6 Å². The van der Waals surface area contributed by atoms with E-state index < -0.39 is 0 Å². The van der Waals surface area contributed by atoms with Gasteiger partial charge in [-0.15, -0.1) is 11.3 Å². The summed E-state index contributed by atoms with van der Waals surface area (Å²) in [5, 5.41) is 2.14. The lowest BCUT2D eigenvalue weighted by atomic mass is 10.2. The van der Waals surface area contributed by atoms with Crippen LogP contribution in [0.1, 0.15) is 10.4 Å². The number of amidine groups is 1. The van der Waals surface area contributed by atoms with E-state index in [9.17, 15) is 0 Å². The van der Waals surface area contributed by atoms with Crippen LogP contribution in [0.3, 0.4) is 0 Å². The van der Waals surface area contributed by atoms with Gasteiger partial charge in [0.1, 0.15) is 11.7 Å². The Kier molecular flexibility index (Phi) is 4.70. The van der Waals surface area contributed by atoms with E-state index in [0.717, 1.165) is 44.1 Å². The number of nitrogens with two attached hydrogens (primary N) is 1. The summed E-state index contributed by atoms with van der Waals surface area (Å²) in [6.07, 6.45) is 1.71. The molecule has 22 heavy (non-hydrogen) atoms. The number of anilines is 1. The van der Waals surface area contributed by atoms with Crippen LogP contribution in [0.4, 0.5) is 5.82 Å².